The average molecular weight is 367 g/mol. The normalized spacial score (nSPS) is 21.7. The second-order valence-electron chi connectivity index (χ2n) is 6.43. The third-order valence-electron chi connectivity index (χ3n) is 4.41. The van der Waals surface area contributed by atoms with Crippen molar-refractivity contribution in [2.45, 2.75) is 68.9 Å². The van der Waals surface area contributed by atoms with Crippen LogP contribution in [-0.2, 0) is 20.7 Å². The van der Waals surface area contributed by atoms with E-state index in [1.807, 2.05) is 11.8 Å². The number of carbonyl (C=O) groups excluding carboxylic acids is 2. The fourth-order valence-corrected chi connectivity index (χ4v) is 4.02. The number of rotatable bonds is 5. The fraction of sp³-hybridized carbons (Fsp3) is 0.647. The van der Waals surface area contributed by atoms with Gasteiger partial charge in [-0.1, -0.05) is 11.8 Å². The molecule has 1 N–H and O–H groups in total. The van der Waals surface area contributed by atoms with Crippen LogP contribution in [0.25, 0.3) is 0 Å². The molecular weight excluding hydrogens is 342 g/mol. The van der Waals surface area contributed by atoms with Crippen molar-refractivity contribution in [2.75, 3.05) is 7.11 Å². The third kappa shape index (κ3) is 5.07. The van der Waals surface area contributed by atoms with Gasteiger partial charge in [-0.05, 0) is 40.0 Å². The number of hydrogen-bond acceptors (Lipinski definition) is 6. The van der Waals surface area contributed by atoms with Crippen molar-refractivity contribution in [2.24, 2.45) is 0 Å². The summed E-state index contributed by atoms with van der Waals surface area (Å²) >= 11 is 1.20. The van der Waals surface area contributed by atoms with Crippen LogP contribution < -0.4 is 5.56 Å². The molecule has 1 aliphatic heterocycles. The maximum Gasteiger partial charge on any atom is 0.311 e. The Morgan fingerprint density at radius 1 is 1.40 bits per heavy atom. The predicted octanol–water partition coefficient (Wildman–Crippen LogP) is 1.76. The van der Waals surface area contributed by atoms with Crippen molar-refractivity contribution in [3.63, 3.8) is 0 Å². The summed E-state index contributed by atoms with van der Waals surface area (Å²) in [5, 5.41) is -0.0379. The summed E-state index contributed by atoms with van der Waals surface area (Å²) in [6.45, 7) is 5.96. The molecule has 138 valence electrons. The van der Waals surface area contributed by atoms with Crippen molar-refractivity contribution >= 4 is 23.6 Å². The second-order valence-corrected chi connectivity index (χ2v) is 7.76. The molecule has 2 rings (SSSR count). The van der Waals surface area contributed by atoms with Gasteiger partial charge >= 0.3 is 5.97 Å². The molecule has 1 aliphatic rings. The number of nitrogens with one attached hydrogen (secondary N) is 1. The van der Waals surface area contributed by atoms with Crippen LogP contribution in [0.4, 0.5) is 0 Å². The third-order valence-corrected chi connectivity index (χ3v) is 5.38. The van der Waals surface area contributed by atoms with Gasteiger partial charge in [0.2, 0.25) is 5.91 Å². The van der Waals surface area contributed by atoms with Gasteiger partial charge in [-0.2, -0.15) is 0 Å². The van der Waals surface area contributed by atoms with E-state index in [4.69, 9.17) is 0 Å². The zero-order chi connectivity index (χ0) is 18.6. The highest BCUT2D eigenvalue weighted by Crippen LogP contribution is 2.27. The highest BCUT2D eigenvalue weighted by atomic mass is 32.2. The van der Waals surface area contributed by atoms with E-state index in [-0.39, 0.29) is 35.2 Å². The minimum Gasteiger partial charge on any atom is -0.469 e. The van der Waals surface area contributed by atoms with Gasteiger partial charge in [0.1, 0.15) is 0 Å². The fourth-order valence-electron chi connectivity index (χ4n) is 3.13. The summed E-state index contributed by atoms with van der Waals surface area (Å²) in [6.07, 6.45) is 3.09. The zero-order valence-electron chi connectivity index (χ0n) is 15.1. The lowest BCUT2D eigenvalue weighted by Gasteiger charge is -2.40. The van der Waals surface area contributed by atoms with Crippen LogP contribution in [0.15, 0.2) is 16.0 Å². The van der Waals surface area contributed by atoms with E-state index in [0.717, 1.165) is 19.3 Å². The van der Waals surface area contributed by atoms with Gasteiger partial charge < -0.3 is 14.6 Å². The summed E-state index contributed by atoms with van der Waals surface area (Å²) in [6, 6.07) is 1.70. The van der Waals surface area contributed by atoms with E-state index >= 15 is 0 Å². The van der Waals surface area contributed by atoms with E-state index in [2.05, 4.69) is 28.6 Å². The van der Waals surface area contributed by atoms with Crippen molar-refractivity contribution < 1.29 is 14.3 Å². The number of esters is 1. The summed E-state index contributed by atoms with van der Waals surface area (Å²) in [5.41, 5.74) is -0.0202. The molecule has 1 amide bonds. The average Bonchev–Trinajstić information content (AvgIpc) is 2.53. The Hall–Kier alpha value is -1.83. The summed E-state index contributed by atoms with van der Waals surface area (Å²) < 4.78 is 4.60. The maximum atomic E-state index is 12.8. The molecule has 3 atom stereocenters. The molecule has 1 aromatic heterocycles. The summed E-state index contributed by atoms with van der Waals surface area (Å²) in [5.74, 6) is -0.417. The van der Waals surface area contributed by atoms with Crippen molar-refractivity contribution in [1.29, 1.82) is 0 Å². The number of carbonyl (C=O) groups is 2. The SMILES string of the molecule is COC(=O)Cc1cc(=O)[nH]c(S[C@H](C)C(=O)N2[C@@H](C)CCC[C@@H]2C)n1. The quantitative estimate of drug-likeness (QED) is 0.484. The minimum atomic E-state index is -0.464. The molecule has 0 saturated carbocycles. The smallest absolute Gasteiger partial charge is 0.311 e. The molecule has 0 unspecified atom stereocenters. The molecule has 1 saturated heterocycles. The Morgan fingerprint density at radius 3 is 2.64 bits per heavy atom. The molecule has 8 heteroatoms. The number of amides is 1. The van der Waals surface area contributed by atoms with Gasteiger partial charge in [-0.3, -0.25) is 14.4 Å². The number of aromatic nitrogens is 2. The summed E-state index contributed by atoms with van der Waals surface area (Å²) in [7, 11) is 1.28. The number of H-pyrrole nitrogens is 1. The van der Waals surface area contributed by atoms with Gasteiger partial charge in [-0.15, -0.1) is 0 Å². The van der Waals surface area contributed by atoms with Gasteiger partial charge in [0.05, 0.1) is 24.5 Å². The molecule has 2 heterocycles. The van der Waals surface area contributed by atoms with Crippen molar-refractivity contribution in [3.8, 4) is 0 Å². The van der Waals surface area contributed by atoms with E-state index in [1.165, 1.54) is 24.9 Å². The number of nitrogens with zero attached hydrogens (tertiary/aromatic N) is 2. The van der Waals surface area contributed by atoms with Crippen molar-refractivity contribution in [3.05, 3.63) is 22.1 Å². The molecule has 0 aromatic carbocycles. The lowest BCUT2D eigenvalue weighted by atomic mass is 9.97. The Kier molecular flexibility index (Phi) is 6.64. The largest absolute Gasteiger partial charge is 0.469 e. The molecule has 1 fully saturated rings. The first-order valence-electron chi connectivity index (χ1n) is 8.47. The highest BCUT2D eigenvalue weighted by Gasteiger charge is 2.32. The lowest BCUT2D eigenvalue weighted by Crippen LogP contribution is -2.50. The van der Waals surface area contributed by atoms with Crippen LogP contribution in [-0.4, -0.2) is 51.2 Å². The topological polar surface area (TPSA) is 92.4 Å². The van der Waals surface area contributed by atoms with Gasteiger partial charge in [0, 0.05) is 18.2 Å². The van der Waals surface area contributed by atoms with E-state index in [1.54, 1.807) is 0 Å². The van der Waals surface area contributed by atoms with Crippen LogP contribution in [0.2, 0.25) is 0 Å². The number of thioether (sulfide) groups is 1. The lowest BCUT2D eigenvalue weighted by molar-refractivity contribution is -0.140. The predicted molar refractivity (Wildman–Crippen MR) is 95.5 cm³/mol. The zero-order valence-corrected chi connectivity index (χ0v) is 15.9. The number of likely N-dealkylation sites (tertiary alicyclic amines) is 1. The first kappa shape index (κ1) is 19.5. The highest BCUT2D eigenvalue weighted by molar-refractivity contribution is 8.00. The molecule has 1 aromatic rings. The minimum absolute atomic E-state index is 0.0470. The van der Waals surface area contributed by atoms with Gasteiger partial charge in [0.15, 0.2) is 5.16 Å². The maximum absolute atomic E-state index is 12.8. The number of methoxy groups -OCH3 is 1. The molecular formula is C17H25N3O4S. The van der Waals surface area contributed by atoms with Crippen LogP contribution in [0, 0.1) is 0 Å². The van der Waals surface area contributed by atoms with Gasteiger partial charge in [0.25, 0.3) is 5.56 Å². The number of hydrogen-bond donors (Lipinski definition) is 1. The molecule has 7 nitrogen and oxygen atoms in total. The van der Waals surface area contributed by atoms with Crippen molar-refractivity contribution in [1.82, 2.24) is 14.9 Å². The summed E-state index contributed by atoms with van der Waals surface area (Å²) in [4.78, 5) is 44.8. The monoisotopic (exact) mass is 367 g/mol. The molecule has 0 radical (unpaired) electrons. The molecule has 0 bridgehead atoms. The van der Waals surface area contributed by atoms with E-state index < -0.39 is 5.97 Å². The van der Waals surface area contributed by atoms with Gasteiger partial charge in [-0.25, -0.2) is 4.98 Å². The first-order valence-corrected chi connectivity index (χ1v) is 9.35. The first-order chi connectivity index (χ1) is 11.8. The molecule has 25 heavy (non-hydrogen) atoms. The van der Waals surface area contributed by atoms with Crippen LogP contribution >= 0.6 is 11.8 Å². The number of piperidine rings is 1. The van der Waals surface area contributed by atoms with E-state index in [0.29, 0.717) is 10.9 Å². The Morgan fingerprint density at radius 2 is 2.04 bits per heavy atom. The molecule has 0 aliphatic carbocycles. The second kappa shape index (κ2) is 8.51. The standard InChI is InChI=1S/C17H25N3O4S/c1-10-6-5-7-11(2)20(10)16(23)12(3)25-17-18-13(8-14(21)19-17)9-15(22)24-4/h8,10-12H,5-7,9H2,1-4H3,(H,18,19,21)/t10-,11-,12+/m0/s1. The number of aromatic amines is 1. The Labute approximate surface area is 151 Å². The van der Waals surface area contributed by atoms with Crippen LogP contribution in [0.3, 0.4) is 0 Å². The Balaban J connectivity index is 2.11. The van der Waals surface area contributed by atoms with E-state index in [9.17, 15) is 14.4 Å². The Bertz CT molecular complexity index is 681. The molecule has 0 spiro atoms. The van der Waals surface area contributed by atoms with Crippen LogP contribution in [0.1, 0.15) is 45.7 Å². The number of ether oxygens (including phenoxy) is 1. The van der Waals surface area contributed by atoms with Crippen LogP contribution in [0.5, 0.6) is 0 Å².